The number of carbonyl (C=O) groups excluding carboxylic acids is 1. The van der Waals surface area contributed by atoms with E-state index in [0.717, 1.165) is 0 Å². The van der Waals surface area contributed by atoms with Crippen molar-refractivity contribution in [2.75, 3.05) is 6.54 Å². The maximum absolute atomic E-state index is 13.0. The van der Waals surface area contributed by atoms with E-state index in [1.54, 1.807) is 35.2 Å². The average Bonchev–Trinajstić information content (AvgIpc) is 2.36. The fraction of sp³-hybridized carbons (Fsp3) is 0.533. The Labute approximate surface area is 128 Å². The molecule has 116 valence electrons. The van der Waals surface area contributed by atoms with Crippen LogP contribution in [0.15, 0.2) is 35.2 Å². The van der Waals surface area contributed by atoms with E-state index in [1.165, 1.54) is 0 Å². The Morgan fingerprint density at radius 3 is 2.05 bits per heavy atom. The number of carbonyl (C=O) groups is 1. The van der Waals surface area contributed by atoms with Gasteiger partial charge >= 0.3 is 0 Å². The van der Waals surface area contributed by atoms with Crippen LogP contribution in [0.2, 0.25) is 13.1 Å². The molecule has 2 rings (SSSR count). The molecule has 0 spiro atoms. The van der Waals surface area contributed by atoms with Crippen molar-refractivity contribution in [3.63, 3.8) is 0 Å². The van der Waals surface area contributed by atoms with E-state index in [4.69, 9.17) is 0 Å². The summed E-state index contributed by atoms with van der Waals surface area (Å²) in [6.07, 6.45) is 0. The number of amides is 1. The van der Waals surface area contributed by atoms with Gasteiger partial charge in [-0.2, -0.15) is 0 Å². The summed E-state index contributed by atoms with van der Waals surface area (Å²) < 4.78 is 24.9. The lowest BCUT2D eigenvalue weighted by atomic mass is 9.99. The van der Waals surface area contributed by atoms with Gasteiger partial charge in [0.15, 0.2) is 14.2 Å². The fourth-order valence-corrected chi connectivity index (χ4v) is 8.47. The van der Waals surface area contributed by atoms with Crippen molar-refractivity contribution < 1.29 is 13.2 Å². The third-order valence-corrected chi connectivity index (χ3v) is 11.1. The molecule has 1 aromatic rings. The van der Waals surface area contributed by atoms with Crippen LogP contribution in [0.3, 0.4) is 0 Å². The predicted octanol–water partition coefficient (Wildman–Crippen LogP) is 1.87. The predicted molar refractivity (Wildman–Crippen MR) is 86.7 cm³/mol. The maximum Gasteiger partial charge on any atom is 0.243 e. The van der Waals surface area contributed by atoms with Gasteiger partial charge in [0, 0.05) is 12.1 Å². The summed E-state index contributed by atoms with van der Waals surface area (Å²) in [7, 11) is -5.39. The van der Waals surface area contributed by atoms with Gasteiger partial charge in [-0.25, -0.2) is 8.42 Å². The number of rotatable bonds is 3. The molecule has 1 atom stereocenters. The van der Waals surface area contributed by atoms with Crippen LogP contribution in [-0.2, 0) is 14.6 Å². The smallest absolute Gasteiger partial charge is 0.243 e. The molecule has 0 saturated carbocycles. The lowest BCUT2D eigenvalue weighted by Crippen LogP contribution is -2.78. The molecule has 4 nitrogen and oxygen atoms in total. The van der Waals surface area contributed by atoms with E-state index in [2.05, 4.69) is 0 Å². The van der Waals surface area contributed by atoms with Crippen molar-refractivity contribution in [2.45, 2.75) is 48.7 Å². The van der Waals surface area contributed by atoms with Gasteiger partial charge < -0.3 is 4.90 Å². The summed E-state index contributed by atoms with van der Waals surface area (Å²) in [5.41, 5.74) is -0.337. The molecule has 1 heterocycles. The quantitative estimate of drug-likeness (QED) is 0.630. The molecule has 0 aromatic heterocycles. The highest BCUT2D eigenvalue weighted by atomic mass is 32.2. The van der Waals surface area contributed by atoms with E-state index in [0.29, 0.717) is 6.54 Å². The van der Waals surface area contributed by atoms with E-state index in [9.17, 15) is 13.2 Å². The topological polar surface area (TPSA) is 54.5 Å². The zero-order chi connectivity index (χ0) is 16.1. The Bertz CT molecular complexity index is 649. The Morgan fingerprint density at radius 1 is 1.14 bits per heavy atom. The first-order chi connectivity index (χ1) is 9.55. The number of hydrogen-bond acceptors (Lipinski definition) is 3. The highest BCUT2D eigenvalue weighted by Gasteiger charge is 2.65. The first-order valence-corrected chi connectivity index (χ1v) is 11.5. The minimum absolute atomic E-state index is 0.222. The third-order valence-electron chi connectivity index (χ3n) is 4.28. The van der Waals surface area contributed by atoms with Gasteiger partial charge in [-0.05, 0) is 32.9 Å². The van der Waals surface area contributed by atoms with Gasteiger partial charge in [-0.15, -0.1) is 0 Å². The third kappa shape index (κ3) is 2.24. The van der Waals surface area contributed by atoms with Crippen molar-refractivity contribution >= 4 is 24.5 Å². The van der Waals surface area contributed by atoms with Crippen LogP contribution < -0.4 is 0 Å². The van der Waals surface area contributed by atoms with E-state index < -0.39 is 23.0 Å². The molecule has 0 bridgehead atoms. The minimum atomic E-state index is -3.63. The van der Waals surface area contributed by atoms with Crippen molar-refractivity contribution in [1.82, 2.24) is 4.90 Å². The van der Waals surface area contributed by atoms with Crippen LogP contribution in [0, 0.1) is 0 Å². The van der Waals surface area contributed by atoms with Crippen molar-refractivity contribution in [1.29, 1.82) is 0 Å². The van der Waals surface area contributed by atoms with Crippen LogP contribution in [0.1, 0.15) is 20.8 Å². The summed E-state index contributed by atoms with van der Waals surface area (Å²) in [5, 5.41) is 0. The van der Waals surface area contributed by atoms with Crippen LogP contribution in [-0.4, -0.2) is 44.5 Å². The summed E-state index contributed by atoms with van der Waals surface area (Å²) in [5.74, 6) is -0.222. The van der Waals surface area contributed by atoms with Crippen LogP contribution in [0.5, 0.6) is 0 Å². The molecule has 0 N–H and O–H groups in total. The van der Waals surface area contributed by atoms with Gasteiger partial charge in [0.05, 0.1) is 13.7 Å². The summed E-state index contributed by atoms with van der Waals surface area (Å²) >= 11 is 0. The summed E-state index contributed by atoms with van der Waals surface area (Å²) in [6, 6.07) is 8.35. The zero-order valence-corrected chi connectivity index (χ0v) is 15.2. The van der Waals surface area contributed by atoms with Crippen LogP contribution in [0.4, 0.5) is 0 Å². The number of sulfone groups is 1. The van der Waals surface area contributed by atoms with Gasteiger partial charge in [0.2, 0.25) is 5.91 Å². The largest absolute Gasteiger partial charge is 0.335 e. The normalized spacial score (nSPS) is 23.3. The molecule has 1 amide bonds. The monoisotopic (exact) mass is 325 g/mol. The van der Waals surface area contributed by atoms with Gasteiger partial charge in [0.1, 0.15) is 0 Å². The molecule has 0 aliphatic carbocycles. The highest BCUT2D eigenvalue weighted by molar-refractivity contribution is 7.95. The van der Waals surface area contributed by atoms with Crippen molar-refractivity contribution in [2.24, 2.45) is 0 Å². The lowest BCUT2D eigenvalue weighted by molar-refractivity contribution is -0.148. The van der Waals surface area contributed by atoms with Gasteiger partial charge in [-0.1, -0.05) is 31.3 Å². The number of likely N-dealkylation sites (tertiary alicyclic amines) is 1. The first-order valence-electron chi connectivity index (χ1n) is 7.17. The summed E-state index contributed by atoms with van der Waals surface area (Å²) in [6.45, 7) is 10.0. The molecule has 0 radical (unpaired) electrons. The second-order valence-electron chi connectivity index (χ2n) is 6.92. The number of benzene rings is 1. The Morgan fingerprint density at radius 2 is 1.67 bits per heavy atom. The number of nitrogens with zero attached hydrogens (tertiary/aromatic N) is 1. The molecular formula is C15H23NO3SSi. The molecular weight excluding hydrogens is 302 g/mol. The average molecular weight is 326 g/mol. The van der Waals surface area contributed by atoms with E-state index in [1.807, 2.05) is 33.9 Å². The van der Waals surface area contributed by atoms with E-state index >= 15 is 0 Å². The van der Waals surface area contributed by atoms with Gasteiger partial charge in [-0.3, -0.25) is 4.79 Å². The van der Waals surface area contributed by atoms with Gasteiger partial charge in [0.25, 0.3) is 0 Å². The Balaban J connectivity index is 2.51. The number of hydrogen-bond donors (Lipinski definition) is 0. The second-order valence-corrected chi connectivity index (χ2v) is 12.8. The SMILES string of the molecule is C[SiH](C)C1(S(=O)(=O)c2ccccc2)CN(C(C)(C)C)C1=O. The lowest BCUT2D eigenvalue weighted by Gasteiger charge is -2.55. The van der Waals surface area contributed by atoms with E-state index in [-0.39, 0.29) is 16.3 Å². The summed E-state index contributed by atoms with van der Waals surface area (Å²) in [4.78, 5) is 14.7. The van der Waals surface area contributed by atoms with Crippen LogP contribution in [0.25, 0.3) is 0 Å². The van der Waals surface area contributed by atoms with Crippen LogP contribution >= 0.6 is 0 Å². The first kappa shape index (κ1) is 16.2. The van der Waals surface area contributed by atoms with Crippen molar-refractivity contribution in [3.05, 3.63) is 30.3 Å². The molecule has 6 heteroatoms. The molecule has 21 heavy (non-hydrogen) atoms. The Hall–Kier alpha value is -1.14. The highest BCUT2D eigenvalue weighted by Crippen LogP contribution is 2.41. The minimum Gasteiger partial charge on any atom is -0.335 e. The zero-order valence-electron chi connectivity index (χ0n) is 13.3. The molecule has 1 saturated heterocycles. The second kappa shape index (κ2) is 4.95. The maximum atomic E-state index is 13.0. The number of β-lactam (4-membered cyclic amide) rings is 1. The Kier molecular flexibility index (Phi) is 3.83. The molecule has 1 aliphatic rings. The molecule has 1 unspecified atom stereocenters. The molecule has 1 aromatic carbocycles. The van der Waals surface area contributed by atoms with Crippen molar-refractivity contribution in [3.8, 4) is 0 Å². The molecule has 1 fully saturated rings. The fourth-order valence-electron chi connectivity index (χ4n) is 2.80. The molecule has 1 aliphatic heterocycles. The standard InChI is InChI=1S/C15H23NO3SSi/c1-14(2,3)16-11-15(13(16)17,21(4)5)20(18,19)12-9-7-6-8-10-12/h6-10,21H,11H2,1-5H3.